The molecule has 0 amide bonds. The molecule has 0 aromatic heterocycles. The van der Waals surface area contributed by atoms with Gasteiger partial charge in [-0.3, -0.25) is 4.90 Å². The van der Waals surface area contributed by atoms with Crippen LogP contribution in [0.2, 0.25) is 0 Å². The Morgan fingerprint density at radius 1 is 1.42 bits per heavy atom. The Kier molecular flexibility index (Phi) is 4.56. The number of nitrogens with one attached hydrogen (secondary N) is 1. The number of ether oxygens (including phenoxy) is 2. The monoisotopic (exact) mass is 270 g/mol. The molecule has 0 radical (unpaired) electrons. The van der Waals surface area contributed by atoms with E-state index in [9.17, 15) is 0 Å². The molecule has 2 aliphatic heterocycles. The quantitative estimate of drug-likeness (QED) is 0.843. The van der Waals surface area contributed by atoms with Gasteiger partial charge in [0.2, 0.25) is 0 Å². The lowest BCUT2D eigenvalue weighted by atomic mass is 9.84. The molecule has 0 aromatic rings. The lowest BCUT2D eigenvalue weighted by Crippen LogP contribution is -2.62. The molecule has 0 saturated carbocycles. The number of piperazine rings is 1. The molecule has 19 heavy (non-hydrogen) atoms. The molecule has 4 nitrogen and oxygen atoms in total. The summed E-state index contributed by atoms with van der Waals surface area (Å²) in [5.74, 6) is 0. The topological polar surface area (TPSA) is 33.7 Å². The van der Waals surface area contributed by atoms with Crippen molar-refractivity contribution in [2.24, 2.45) is 5.41 Å². The van der Waals surface area contributed by atoms with Crippen LogP contribution >= 0.6 is 0 Å². The van der Waals surface area contributed by atoms with E-state index < -0.39 is 0 Å². The third-order valence-electron chi connectivity index (χ3n) is 4.74. The summed E-state index contributed by atoms with van der Waals surface area (Å²) in [5, 5.41) is 3.68. The highest BCUT2D eigenvalue weighted by molar-refractivity contribution is 4.95. The van der Waals surface area contributed by atoms with Gasteiger partial charge in [-0.2, -0.15) is 0 Å². The molecule has 0 bridgehead atoms. The van der Waals surface area contributed by atoms with Crippen LogP contribution in [0.25, 0.3) is 0 Å². The highest BCUT2D eigenvalue weighted by Gasteiger charge is 2.40. The highest BCUT2D eigenvalue weighted by Crippen LogP contribution is 2.28. The first-order valence-corrected chi connectivity index (χ1v) is 7.47. The standard InChI is InChI=1S/C15H30N2O2/c1-12-8-16-13(14(2,3)4)9-17(12)10-15(18-5)6-7-19-11-15/h12-13,16H,6-11H2,1-5H3. The van der Waals surface area contributed by atoms with E-state index in [1.54, 1.807) is 0 Å². The number of methoxy groups -OCH3 is 1. The van der Waals surface area contributed by atoms with Gasteiger partial charge in [0, 0.05) is 51.9 Å². The number of nitrogens with zero attached hydrogens (tertiary/aromatic N) is 1. The predicted molar refractivity (Wildman–Crippen MR) is 77.5 cm³/mol. The zero-order valence-corrected chi connectivity index (χ0v) is 13.2. The van der Waals surface area contributed by atoms with E-state index >= 15 is 0 Å². The van der Waals surface area contributed by atoms with Gasteiger partial charge < -0.3 is 14.8 Å². The predicted octanol–water partition coefficient (Wildman–Crippen LogP) is 1.50. The third kappa shape index (κ3) is 3.48. The van der Waals surface area contributed by atoms with E-state index in [-0.39, 0.29) is 5.60 Å². The molecule has 1 N–H and O–H groups in total. The third-order valence-corrected chi connectivity index (χ3v) is 4.74. The van der Waals surface area contributed by atoms with Crippen LogP contribution < -0.4 is 5.32 Å². The molecule has 3 atom stereocenters. The van der Waals surface area contributed by atoms with Crippen LogP contribution in [0.5, 0.6) is 0 Å². The van der Waals surface area contributed by atoms with Crippen molar-refractivity contribution in [1.29, 1.82) is 0 Å². The summed E-state index contributed by atoms with van der Waals surface area (Å²) in [6, 6.07) is 1.10. The molecule has 2 rings (SSSR count). The molecule has 2 aliphatic rings. The number of rotatable bonds is 3. The Morgan fingerprint density at radius 2 is 2.16 bits per heavy atom. The zero-order valence-electron chi connectivity index (χ0n) is 13.2. The molecule has 112 valence electrons. The largest absolute Gasteiger partial charge is 0.378 e. The SMILES string of the molecule is COC1(CN2CC(C(C)(C)C)NCC2C)CCOC1. The maximum Gasteiger partial charge on any atom is 0.106 e. The maximum absolute atomic E-state index is 5.78. The van der Waals surface area contributed by atoms with Crippen LogP contribution in [0.1, 0.15) is 34.1 Å². The van der Waals surface area contributed by atoms with Crippen molar-refractivity contribution in [1.82, 2.24) is 10.2 Å². The van der Waals surface area contributed by atoms with Crippen LogP contribution in [0.3, 0.4) is 0 Å². The number of hydrogen-bond acceptors (Lipinski definition) is 4. The first kappa shape index (κ1) is 15.2. The maximum atomic E-state index is 5.78. The zero-order chi connectivity index (χ0) is 14.1. The first-order valence-electron chi connectivity index (χ1n) is 7.47. The first-order chi connectivity index (χ1) is 8.86. The molecule has 0 aromatic carbocycles. The van der Waals surface area contributed by atoms with Crippen molar-refractivity contribution in [3.05, 3.63) is 0 Å². The molecule has 3 unspecified atom stereocenters. The summed E-state index contributed by atoms with van der Waals surface area (Å²) in [5.41, 5.74) is 0.207. The fourth-order valence-electron chi connectivity index (χ4n) is 3.03. The van der Waals surface area contributed by atoms with Gasteiger partial charge in [-0.15, -0.1) is 0 Å². The molecule has 2 fully saturated rings. The van der Waals surface area contributed by atoms with Crippen LogP contribution in [0.15, 0.2) is 0 Å². The fraction of sp³-hybridized carbons (Fsp3) is 1.00. The Bertz CT molecular complexity index is 295. The summed E-state index contributed by atoms with van der Waals surface area (Å²) in [7, 11) is 1.82. The molecule has 4 heteroatoms. The summed E-state index contributed by atoms with van der Waals surface area (Å²) in [6.07, 6.45) is 1.01. The molecular weight excluding hydrogens is 240 g/mol. The fourth-order valence-corrected chi connectivity index (χ4v) is 3.03. The van der Waals surface area contributed by atoms with Crippen molar-refractivity contribution in [2.45, 2.75) is 51.8 Å². The molecule has 0 spiro atoms. The van der Waals surface area contributed by atoms with Gasteiger partial charge in [0.25, 0.3) is 0 Å². The van der Waals surface area contributed by atoms with Gasteiger partial charge in [-0.25, -0.2) is 0 Å². The molecular formula is C15H30N2O2. The van der Waals surface area contributed by atoms with Crippen LogP contribution in [0.4, 0.5) is 0 Å². The van der Waals surface area contributed by atoms with Gasteiger partial charge in [-0.1, -0.05) is 20.8 Å². The van der Waals surface area contributed by atoms with Crippen LogP contribution in [-0.2, 0) is 9.47 Å². The minimum absolute atomic E-state index is 0.0893. The second-order valence-electron chi connectivity index (χ2n) is 7.30. The summed E-state index contributed by atoms with van der Waals surface area (Å²) in [4.78, 5) is 2.57. The summed E-state index contributed by atoms with van der Waals surface area (Å²) < 4.78 is 11.3. The molecule has 2 heterocycles. The van der Waals surface area contributed by atoms with Gasteiger partial charge in [0.15, 0.2) is 0 Å². The van der Waals surface area contributed by atoms with Crippen molar-refractivity contribution in [3.63, 3.8) is 0 Å². The second-order valence-corrected chi connectivity index (χ2v) is 7.30. The molecule has 2 saturated heterocycles. The average molecular weight is 270 g/mol. The normalized spacial score (nSPS) is 37.7. The average Bonchev–Trinajstić information content (AvgIpc) is 2.80. The Morgan fingerprint density at radius 3 is 2.68 bits per heavy atom. The second kappa shape index (κ2) is 5.68. The van der Waals surface area contributed by atoms with E-state index in [1.165, 1.54) is 0 Å². The Balaban J connectivity index is 2.01. The minimum atomic E-state index is -0.0893. The van der Waals surface area contributed by atoms with E-state index in [2.05, 4.69) is 37.9 Å². The van der Waals surface area contributed by atoms with E-state index in [0.717, 1.165) is 39.3 Å². The van der Waals surface area contributed by atoms with Gasteiger partial charge in [0.05, 0.1) is 6.61 Å². The van der Waals surface area contributed by atoms with Crippen LogP contribution in [0, 0.1) is 5.41 Å². The smallest absolute Gasteiger partial charge is 0.106 e. The van der Waals surface area contributed by atoms with E-state index in [1.807, 2.05) is 7.11 Å². The minimum Gasteiger partial charge on any atom is -0.378 e. The summed E-state index contributed by atoms with van der Waals surface area (Å²) >= 11 is 0. The lowest BCUT2D eigenvalue weighted by Gasteiger charge is -2.46. The van der Waals surface area contributed by atoms with Gasteiger partial charge in [-0.05, 0) is 12.3 Å². The van der Waals surface area contributed by atoms with Gasteiger partial charge >= 0.3 is 0 Å². The van der Waals surface area contributed by atoms with Crippen molar-refractivity contribution in [3.8, 4) is 0 Å². The van der Waals surface area contributed by atoms with Gasteiger partial charge in [0.1, 0.15) is 5.60 Å². The lowest BCUT2D eigenvalue weighted by molar-refractivity contribution is -0.0572. The summed E-state index contributed by atoms with van der Waals surface area (Å²) in [6.45, 7) is 13.9. The van der Waals surface area contributed by atoms with Crippen molar-refractivity contribution in [2.75, 3.05) is 40.0 Å². The van der Waals surface area contributed by atoms with E-state index in [4.69, 9.17) is 9.47 Å². The van der Waals surface area contributed by atoms with Crippen molar-refractivity contribution >= 4 is 0 Å². The van der Waals surface area contributed by atoms with E-state index in [0.29, 0.717) is 17.5 Å². The Hall–Kier alpha value is -0.160. The van der Waals surface area contributed by atoms with Crippen molar-refractivity contribution < 1.29 is 9.47 Å². The number of hydrogen-bond donors (Lipinski definition) is 1. The Labute approximate surface area is 117 Å². The molecule has 0 aliphatic carbocycles. The highest BCUT2D eigenvalue weighted by atomic mass is 16.5. The van der Waals surface area contributed by atoms with Crippen LogP contribution in [-0.4, -0.2) is 62.5 Å².